The maximum absolute atomic E-state index is 13.1. The summed E-state index contributed by atoms with van der Waals surface area (Å²) in [5.41, 5.74) is 2.83. The van der Waals surface area contributed by atoms with Crippen LogP contribution in [0, 0.1) is 0 Å². The SMILES string of the molecule is CC(C)N(Cc1ccccc1)C(=O)CN1C(=O)CSC=C1c1ccccc1. The molecule has 0 radical (unpaired) electrons. The van der Waals surface area contributed by atoms with Crippen LogP contribution in [0.15, 0.2) is 66.1 Å². The molecule has 2 aromatic carbocycles. The van der Waals surface area contributed by atoms with Crippen molar-refractivity contribution in [1.29, 1.82) is 0 Å². The van der Waals surface area contributed by atoms with Crippen molar-refractivity contribution in [2.75, 3.05) is 12.3 Å². The quantitative estimate of drug-likeness (QED) is 0.761. The third kappa shape index (κ3) is 4.80. The van der Waals surface area contributed by atoms with Gasteiger partial charge in [0.1, 0.15) is 6.54 Å². The zero-order chi connectivity index (χ0) is 19.2. The molecule has 0 unspecified atom stereocenters. The Kier molecular flexibility index (Phi) is 6.35. The van der Waals surface area contributed by atoms with Crippen LogP contribution >= 0.6 is 11.8 Å². The molecule has 2 amide bonds. The zero-order valence-corrected chi connectivity index (χ0v) is 16.5. The van der Waals surface area contributed by atoms with Gasteiger partial charge in [-0.2, -0.15) is 0 Å². The average molecular weight is 381 g/mol. The highest BCUT2D eigenvalue weighted by Gasteiger charge is 2.28. The van der Waals surface area contributed by atoms with Gasteiger partial charge in [-0.25, -0.2) is 0 Å². The summed E-state index contributed by atoms with van der Waals surface area (Å²) in [6.07, 6.45) is 0. The van der Waals surface area contributed by atoms with E-state index >= 15 is 0 Å². The maximum Gasteiger partial charge on any atom is 0.243 e. The minimum atomic E-state index is -0.0454. The number of amides is 2. The maximum atomic E-state index is 13.1. The van der Waals surface area contributed by atoms with E-state index in [0.717, 1.165) is 16.8 Å². The first kappa shape index (κ1) is 19.2. The van der Waals surface area contributed by atoms with Gasteiger partial charge in [0.2, 0.25) is 11.8 Å². The third-order valence-corrected chi connectivity index (χ3v) is 5.30. The lowest BCUT2D eigenvalue weighted by Crippen LogP contribution is -2.45. The standard InChI is InChI=1S/C22H24N2O2S/c1-17(2)23(13-18-9-5-3-6-10-18)21(25)14-24-20(15-27-16-22(24)26)19-11-7-4-8-12-19/h3-12,15,17H,13-14,16H2,1-2H3. The molecule has 1 aliphatic rings. The fourth-order valence-electron chi connectivity index (χ4n) is 3.04. The van der Waals surface area contributed by atoms with E-state index in [1.54, 1.807) is 4.90 Å². The first-order valence-electron chi connectivity index (χ1n) is 9.07. The van der Waals surface area contributed by atoms with Crippen LogP contribution in [0.5, 0.6) is 0 Å². The van der Waals surface area contributed by atoms with Crippen LogP contribution in [0.4, 0.5) is 0 Å². The number of carbonyl (C=O) groups is 2. The van der Waals surface area contributed by atoms with Gasteiger partial charge in [-0.3, -0.25) is 9.59 Å². The van der Waals surface area contributed by atoms with Gasteiger partial charge in [0.25, 0.3) is 0 Å². The molecule has 1 aliphatic heterocycles. The van der Waals surface area contributed by atoms with Crippen molar-refractivity contribution < 1.29 is 9.59 Å². The summed E-state index contributed by atoms with van der Waals surface area (Å²) in [7, 11) is 0. The zero-order valence-electron chi connectivity index (χ0n) is 15.7. The first-order valence-corrected chi connectivity index (χ1v) is 10.1. The van der Waals surface area contributed by atoms with E-state index in [2.05, 4.69) is 0 Å². The number of carbonyl (C=O) groups excluding carboxylic acids is 2. The van der Waals surface area contributed by atoms with Crippen molar-refractivity contribution in [1.82, 2.24) is 9.80 Å². The lowest BCUT2D eigenvalue weighted by atomic mass is 10.1. The Morgan fingerprint density at radius 3 is 2.33 bits per heavy atom. The molecule has 140 valence electrons. The molecule has 0 bridgehead atoms. The second-order valence-electron chi connectivity index (χ2n) is 6.76. The van der Waals surface area contributed by atoms with Gasteiger partial charge < -0.3 is 9.80 Å². The predicted molar refractivity (Wildman–Crippen MR) is 111 cm³/mol. The van der Waals surface area contributed by atoms with Crippen molar-refractivity contribution in [3.63, 3.8) is 0 Å². The molecule has 3 rings (SSSR count). The van der Waals surface area contributed by atoms with Gasteiger partial charge in [0.15, 0.2) is 0 Å². The van der Waals surface area contributed by atoms with E-state index in [-0.39, 0.29) is 24.4 Å². The molecule has 2 aromatic rings. The Hall–Kier alpha value is -2.53. The predicted octanol–water partition coefficient (Wildman–Crippen LogP) is 4.00. The molecule has 0 fully saturated rings. The van der Waals surface area contributed by atoms with Crippen LogP contribution < -0.4 is 0 Å². The van der Waals surface area contributed by atoms with Gasteiger partial charge >= 0.3 is 0 Å². The number of rotatable bonds is 6. The van der Waals surface area contributed by atoms with Gasteiger partial charge in [-0.1, -0.05) is 60.7 Å². The van der Waals surface area contributed by atoms with E-state index in [1.165, 1.54) is 11.8 Å². The summed E-state index contributed by atoms with van der Waals surface area (Å²) in [4.78, 5) is 29.1. The van der Waals surface area contributed by atoms with Gasteiger partial charge in [-0.15, -0.1) is 11.8 Å². The van der Waals surface area contributed by atoms with E-state index < -0.39 is 0 Å². The molecule has 5 heteroatoms. The summed E-state index contributed by atoms with van der Waals surface area (Å²) < 4.78 is 0. The van der Waals surface area contributed by atoms with Crippen LogP contribution in [-0.2, 0) is 16.1 Å². The Morgan fingerprint density at radius 1 is 1.07 bits per heavy atom. The summed E-state index contributed by atoms with van der Waals surface area (Å²) in [5.74, 6) is 0.290. The van der Waals surface area contributed by atoms with Crippen LogP contribution in [0.2, 0.25) is 0 Å². The number of thioether (sulfide) groups is 1. The van der Waals surface area contributed by atoms with Crippen LogP contribution in [0.25, 0.3) is 5.70 Å². The number of benzene rings is 2. The van der Waals surface area contributed by atoms with Crippen molar-refractivity contribution in [3.8, 4) is 0 Å². The summed E-state index contributed by atoms with van der Waals surface area (Å²) in [6.45, 7) is 4.61. The Balaban J connectivity index is 1.79. The number of nitrogens with zero attached hydrogens (tertiary/aromatic N) is 2. The molecule has 0 aliphatic carbocycles. The minimum absolute atomic E-state index is 0.0295. The summed E-state index contributed by atoms with van der Waals surface area (Å²) in [6, 6.07) is 19.7. The fraction of sp³-hybridized carbons (Fsp3) is 0.273. The lowest BCUT2D eigenvalue weighted by molar-refractivity contribution is -0.138. The Labute approximate surface area is 164 Å². The highest BCUT2D eigenvalue weighted by molar-refractivity contribution is 8.03. The molecular formula is C22H24N2O2S. The molecule has 0 atom stereocenters. The van der Waals surface area contributed by atoms with Crippen LogP contribution in [-0.4, -0.2) is 40.0 Å². The van der Waals surface area contributed by atoms with E-state index in [1.807, 2.05) is 84.8 Å². The van der Waals surface area contributed by atoms with Crippen molar-refractivity contribution in [3.05, 3.63) is 77.2 Å². The van der Waals surface area contributed by atoms with Crippen molar-refractivity contribution >= 4 is 29.3 Å². The second kappa shape index (κ2) is 8.91. The van der Waals surface area contributed by atoms with Crippen molar-refractivity contribution in [2.24, 2.45) is 0 Å². The van der Waals surface area contributed by atoms with Gasteiger partial charge in [-0.05, 0) is 30.4 Å². The largest absolute Gasteiger partial charge is 0.334 e. The smallest absolute Gasteiger partial charge is 0.243 e. The molecule has 27 heavy (non-hydrogen) atoms. The molecule has 0 aromatic heterocycles. The Morgan fingerprint density at radius 2 is 1.70 bits per heavy atom. The molecule has 1 heterocycles. The number of hydrogen-bond acceptors (Lipinski definition) is 3. The summed E-state index contributed by atoms with van der Waals surface area (Å²) in [5, 5.41) is 1.97. The van der Waals surface area contributed by atoms with E-state index in [0.29, 0.717) is 12.3 Å². The van der Waals surface area contributed by atoms with Crippen LogP contribution in [0.1, 0.15) is 25.0 Å². The van der Waals surface area contributed by atoms with E-state index in [4.69, 9.17) is 0 Å². The number of hydrogen-bond donors (Lipinski definition) is 0. The topological polar surface area (TPSA) is 40.6 Å². The normalized spacial score (nSPS) is 14.3. The average Bonchev–Trinajstić information content (AvgIpc) is 2.69. The van der Waals surface area contributed by atoms with E-state index in [9.17, 15) is 9.59 Å². The molecule has 0 N–H and O–H groups in total. The summed E-state index contributed by atoms with van der Waals surface area (Å²) >= 11 is 1.48. The monoisotopic (exact) mass is 380 g/mol. The fourth-order valence-corrected chi connectivity index (χ4v) is 3.84. The third-order valence-electron chi connectivity index (χ3n) is 4.50. The van der Waals surface area contributed by atoms with Gasteiger partial charge in [0.05, 0.1) is 11.4 Å². The van der Waals surface area contributed by atoms with Crippen molar-refractivity contribution in [2.45, 2.75) is 26.4 Å². The second-order valence-corrected chi connectivity index (χ2v) is 7.62. The molecular weight excluding hydrogens is 356 g/mol. The van der Waals surface area contributed by atoms with Crippen LogP contribution in [0.3, 0.4) is 0 Å². The molecule has 0 saturated heterocycles. The molecule has 4 nitrogen and oxygen atoms in total. The molecule has 0 spiro atoms. The van der Waals surface area contributed by atoms with Gasteiger partial charge in [0, 0.05) is 12.6 Å². The highest BCUT2D eigenvalue weighted by Crippen LogP contribution is 2.28. The Bertz CT molecular complexity index is 819. The highest BCUT2D eigenvalue weighted by atomic mass is 32.2. The first-order chi connectivity index (χ1) is 13.1. The minimum Gasteiger partial charge on any atom is -0.334 e. The molecule has 0 saturated carbocycles. The lowest BCUT2D eigenvalue weighted by Gasteiger charge is -2.32.